The molecular weight excluding hydrogens is 424 g/mol. The minimum absolute atomic E-state index is 0.324. The van der Waals surface area contributed by atoms with Crippen molar-refractivity contribution < 1.29 is 23.7 Å². The maximum Gasteiger partial charge on any atom is 0.260 e. The van der Waals surface area contributed by atoms with Gasteiger partial charge >= 0.3 is 0 Å². The van der Waals surface area contributed by atoms with Gasteiger partial charge in [0.25, 0.3) is 5.91 Å². The molecule has 0 radical (unpaired) electrons. The number of hydrogen-bond donors (Lipinski definition) is 1. The van der Waals surface area contributed by atoms with Crippen LogP contribution < -0.4 is 19.5 Å². The molecule has 1 amide bonds. The Kier molecular flexibility index (Phi) is 7.54. The van der Waals surface area contributed by atoms with Crippen molar-refractivity contribution in [3.8, 4) is 17.2 Å². The predicted molar refractivity (Wildman–Crippen MR) is 124 cm³/mol. The molecule has 0 spiro atoms. The van der Waals surface area contributed by atoms with E-state index in [4.69, 9.17) is 18.9 Å². The second kappa shape index (κ2) is 10.9. The third-order valence-electron chi connectivity index (χ3n) is 5.48. The zero-order valence-corrected chi connectivity index (χ0v) is 18.9. The summed E-state index contributed by atoms with van der Waals surface area (Å²) in [5.74, 6) is 1.70. The number of aromatic nitrogens is 2. The average Bonchev–Trinajstić information content (AvgIpc) is 2.86. The standard InChI is InChI=1S/C24H28N4O5/c1-30-20-7-4-3-6-17(20)24(29)27-23-18-14-21(31-2)22(15-19(18)25-16-26-23)33-11-5-8-28-9-12-32-13-10-28/h3-4,6-7,14-16H,5,8-13H2,1-2H3,(H,25,26,27,29). The number of carbonyl (C=O) groups excluding carboxylic acids is 1. The van der Waals surface area contributed by atoms with Crippen LogP contribution in [0.1, 0.15) is 16.8 Å². The third-order valence-corrected chi connectivity index (χ3v) is 5.48. The van der Waals surface area contributed by atoms with E-state index in [1.165, 1.54) is 13.4 Å². The Bertz CT molecular complexity index is 1100. The van der Waals surface area contributed by atoms with E-state index in [0.29, 0.717) is 46.1 Å². The fourth-order valence-corrected chi connectivity index (χ4v) is 3.74. The van der Waals surface area contributed by atoms with Crippen molar-refractivity contribution in [2.45, 2.75) is 6.42 Å². The SMILES string of the molecule is COc1cc2c(NC(=O)c3ccccc3OC)ncnc2cc1OCCCN1CCOCC1. The number of morpholine rings is 1. The molecule has 0 saturated carbocycles. The van der Waals surface area contributed by atoms with Crippen LogP contribution in [0.3, 0.4) is 0 Å². The van der Waals surface area contributed by atoms with Crippen LogP contribution in [0.25, 0.3) is 10.9 Å². The Labute approximate surface area is 192 Å². The van der Waals surface area contributed by atoms with Crippen LogP contribution in [0.4, 0.5) is 5.82 Å². The van der Waals surface area contributed by atoms with Gasteiger partial charge in [0.15, 0.2) is 11.5 Å². The number of fused-ring (bicyclic) bond motifs is 1. The first-order valence-corrected chi connectivity index (χ1v) is 10.9. The summed E-state index contributed by atoms with van der Waals surface area (Å²) in [6, 6.07) is 10.6. The summed E-state index contributed by atoms with van der Waals surface area (Å²) in [4.78, 5) is 23.8. The van der Waals surface area contributed by atoms with Gasteiger partial charge in [0.2, 0.25) is 0 Å². The second-order valence-corrected chi connectivity index (χ2v) is 7.55. The number of amides is 1. The van der Waals surface area contributed by atoms with Crippen LogP contribution >= 0.6 is 0 Å². The van der Waals surface area contributed by atoms with Crippen molar-refractivity contribution in [2.75, 3.05) is 59.0 Å². The van der Waals surface area contributed by atoms with Gasteiger partial charge in [0, 0.05) is 31.1 Å². The smallest absolute Gasteiger partial charge is 0.260 e. The molecule has 3 aromatic rings. The maximum atomic E-state index is 12.8. The van der Waals surface area contributed by atoms with Crippen LogP contribution in [0.15, 0.2) is 42.7 Å². The molecule has 0 aliphatic carbocycles. The minimum atomic E-state index is -0.324. The molecule has 1 aliphatic heterocycles. The highest BCUT2D eigenvalue weighted by Crippen LogP contribution is 2.34. The predicted octanol–water partition coefficient (Wildman–Crippen LogP) is 3.00. The summed E-state index contributed by atoms with van der Waals surface area (Å²) in [5.41, 5.74) is 1.06. The highest BCUT2D eigenvalue weighted by Gasteiger charge is 2.17. The Morgan fingerprint density at radius 3 is 2.64 bits per heavy atom. The molecule has 0 bridgehead atoms. The number of para-hydroxylation sites is 1. The first-order valence-electron chi connectivity index (χ1n) is 10.9. The van der Waals surface area contributed by atoms with Crippen molar-refractivity contribution in [3.05, 3.63) is 48.3 Å². The molecule has 2 heterocycles. The summed E-state index contributed by atoms with van der Waals surface area (Å²) < 4.78 is 22.2. The summed E-state index contributed by atoms with van der Waals surface area (Å²) in [6.07, 6.45) is 2.31. The van der Waals surface area contributed by atoms with Crippen molar-refractivity contribution >= 4 is 22.6 Å². The summed E-state index contributed by atoms with van der Waals surface area (Å²) in [7, 11) is 3.11. The lowest BCUT2D eigenvalue weighted by atomic mass is 10.1. The largest absolute Gasteiger partial charge is 0.496 e. The monoisotopic (exact) mass is 452 g/mol. The summed E-state index contributed by atoms with van der Waals surface area (Å²) in [6.45, 7) is 5.01. The average molecular weight is 453 g/mol. The van der Waals surface area contributed by atoms with Gasteiger partial charge in [0.05, 0.1) is 45.1 Å². The topological polar surface area (TPSA) is 95.0 Å². The van der Waals surface area contributed by atoms with Gasteiger partial charge in [-0.05, 0) is 24.6 Å². The van der Waals surface area contributed by atoms with E-state index in [-0.39, 0.29) is 5.91 Å². The molecule has 9 heteroatoms. The lowest BCUT2D eigenvalue weighted by Gasteiger charge is -2.26. The minimum Gasteiger partial charge on any atom is -0.496 e. The number of anilines is 1. The number of nitrogens with one attached hydrogen (secondary N) is 1. The van der Waals surface area contributed by atoms with E-state index in [1.54, 1.807) is 31.4 Å². The number of carbonyl (C=O) groups is 1. The van der Waals surface area contributed by atoms with Crippen LogP contribution in [-0.4, -0.2) is 74.4 Å². The zero-order valence-electron chi connectivity index (χ0n) is 18.9. The van der Waals surface area contributed by atoms with Gasteiger partial charge in [0.1, 0.15) is 17.9 Å². The molecule has 174 valence electrons. The molecule has 1 saturated heterocycles. The first kappa shape index (κ1) is 22.8. The molecule has 9 nitrogen and oxygen atoms in total. The Hall–Kier alpha value is -3.43. The lowest BCUT2D eigenvalue weighted by molar-refractivity contribution is 0.0357. The Balaban J connectivity index is 1.48. The molecule has 1 N–H and O–H groups in total. The number of nitrogens with zero attached hydrogens (tertiary/aromatic N) is 3. The molecule has 1 aliphatic rings. The summed E-state index contributed by atoms with van der Waals surface area (Å²) >= 11 is 0. The highest BCUT2D eigenvalue weighted by molar-refractivity contribution is 6.09. The van der Waals surface area contributed by atoms with Crippen molar-refractivity contribution in [3.63, 3.8) is 0 Å². The Morgan fingerprint density at radius 2 is 1.85 bits per heavy atom. The molecular formula is C24H28N4O5. The molecule has 33 heavy (non-hydrogen) atoms. The summed E-state index contributed by atoms with van der Waals surface area (Å²) in [5, 5.41) is 3.50. The maximum absolute atomic E-state index is 12.8. The highest BCUT2D eigenvalue weighted by atomic mass is 16.5. The van der Waals surface area contributed by atoms with E-state index < -0.39 is 0 Å². The Morgan fingerprint density at radius 1 is 1.06 bits per heavy atom. The van der Waals surface area contributed by atoms with E-state index >= 15 is 0 Å². The van der Waals surface area contributed by atoms with Gasteiger partial charge in [-0.2, -0.15) is 0 Å². The number of hydrogen-bond acceptors (Lipinski definition) is 8. The van der Waals surface area contributed by atoms with E-state index in [1.807, 2.05) is 12.1 Å². The molecule has 0 atom stereocenters. The van der Waals surface area contributed by atoms with Gasteiger partial charge in [-0.25, -0.2) is 9.97 Å². The molecule has 1 aromatic heterocycles. The fraction of sp³-hybridized carbons (Fsp3) is 0.375. The van der Waals surface area contributed by atoms with Crippen LogP contribution in [-0.2, 0) is 4.74 Å². The van der Waals surface area contributed by atoms with Crippen LogP contribution in [0.5, 0.6) is 17.2 Å². The fourth-order valence-electron chi connectivity index (χ4n) is 3.74. The molecule has 2 aromatic carbocycles. The van der Waals surface area contributed by atoms with Gasteiger partial charge in [-0.3, -0.25) is 9.69 Å². The van der Waals surface area contributed by atoms with E-state index in [2.05, 4.69) is 20.2 Å². The van der Waals surface area contributed by atoms with Gasteiger partial charge in [-0.15, -0.1) is 0 Å². The van der Waals surface area contributed by atoms with Crippen LogP contribution in [0.2, 0.25) is 0 Å². The van der Waals surface area contributed by atoms with Crippen molar-refractivity contribution in [2.24, 2.45) is 0 Å². The van der Waals surface area contributed by atoms with Crippen molar-refractivity contribution in [1.29, 1.82) is 0 Å². The third kappa shape index (κ3) is 5.50. The van der Waals surface area contributed by atoms with E-state index in [0.717, 1.165) is 39.3 Å². The first-order chi connectivity index (χ1) is 16.2. The number of rotatable bonds is 9. The zero-order chi connectivity index (χ0) is 23.0. The van der Waals surface area contributed by atoms with E-state index in [9.17, 15) is 4.79 Å². The quantitative estimate of drug-likeness (QED) is 0.495. The van der Waals surface area contributed by atoms with Crippen LogP contribution in [0, 0.1) is 0 Å². The lowest BCUT2D eigenvalue weighted by Crippen LogP contribution is -2.37. The normalized spacial score (nSPS) is 14.1. The molecule has 4 rings (SSSR count). The van der Waals surface area contributed by atoms with Gasteiger partial charge < -0.3 is 24.3 Å². The molecule has 0 unspecified atom stereocenters. The number of benzene rings is 2. The molecule has 1 fully saturated rings. The van der Waals surface area contributed by atoms with Crippen molar-refractivity contribution in [1.82, 2.24) is 14.9 Å². The number of ether oxygens (including phenoxy) is 4. The van der Waals surface area contributed by atoms with Gasteiger partial charge in [-0.1, -0.05) is 12.1 Å². The number of methoxy groups -OCH3 is 2. The second-order valence-electron chi connectivity index (χ2n) is 7.55.